The fraction of sp³-hybridized carbons (Fsp3) is 0.500. The van der Waals surface area contributed by atoms with Crippen molar-refractivity contribution >= 4 is 17.3 Å². The Morgan fingerprint density at radius 3 is 3.21 bits per heavy atom. The maximum atomic E-state index is 11.2. The summed E-state index contributed by atoms with van der Waals surface area (Å²) < 4.78 is 4.66. The number of carbonyl (C=O) groups excluding carboxylic acids is 1. The van der Waals surface area contributed by atoms with Gasteiger partial charge in [0.1, 0.15) is 4.88 Å². The highest BCUT2D eigenvalue weighted by molar-refractivity contribution is 7.12. The van der Waals surface area contributed by atoms with Gasteiger partial charge in [0.25, 0.3) is 0 Å². The molecule has 1 aliphatic rings. The van der Waals surface area contributed by atoms with Crippen LogP contribution in [-0.4, -0.2) is 19.6 Å². The molecule has 1 aromatic heterocycles. The van der Waals surface area contributed by atoms with Gasteiger partial charge in [-0.05, 0) is 36.4 Å². The normalized spacial score (nSPS) is 21.1. The summed E-state index contributed by atoms with van der Waals surface area (Å²) in [5, 5.41) is 5.43. The molecule has 1 N–H and O–H groups in total. The Bertz CT molecular complexity index is 329. The van der Waals surface area contributed by atoms with Gasteiger partial charge < -0.3 is 10.1 Å². The molecule has 2 rings (SSSR count). The van der Waals surface area contributed by atoms with Gasteiger partial charge in [-0.15, -0.1) is 11.3 Å². The fourth-order valence-corrected chi connectivity index (χ4v) is 2.59. The highest BCUT2D eigenvalue weighted by atomic mass is 32.1. The Kier molecular flexibility index (Phi) is 2.84. The largest absolute Gasteiger partial charge is 0.465 e. The van der Waals surface area contributed by atoms with Crippen molar-refractivity contribution in [2.24, 2.45) is 0 Å². The molecule has 3 nitrogen and oxygen atoms in total. The summed E-state index contributed by atoms with van der Waals surface area (Å²) in [6.07, 6.45) is 2.38. The lowest BCUT2D eigenvalue weighted by Crippen LogP contribution is -2.11. The minimum atomic E-state index is -0.237. The first-order valence-corrected chi connectivity index (χ1v) is 5.59. The summed E-state index contributed by atoms with van der Waals surface area (Å²) in [4.78, 5) is 11.9. The van der Waals surface area contributed by atoms with Gasteiger partial charge in [-0.2, -0.15) is 0 Å². The van der Waals surface area contributed by atoms with Crippen molar-refractivity contribution in [3.05, 3.63) is 21.9 Å². The van der Waals surface area contributed by atoms with E-state index in [4.69, 9.17) is 0 Å². The molecular weight excluding hydrogens is 198 g/mol. The Balaban J connectivity index is 2.12. The SMILES string of the molecule is COC(=O)c1cc([C@@H]2CCCN2)cs1. The van der Waals surface area contributed by atoms with E-state index in [9.17, 15) is 4.79 Å². The molecule has 4 heteroatoms. The lowest BCUT2D eigenvalue weighted by Gasteiger charge is -2.05. The van der Waals surface area contributed by atoms with Crippen LogP contribution in [0.4, 0.5) is 0 Å². The summed E-state index contributed by atoms with van der Waals surface area (Å²) in [7, 11) is 1.41. The standard InChI is InChI=1S/C10H13NO2S/c1-13-10(12)9-5-7(6-14-9)8-3-2-4-11-8/h5-6,8,11H,2-4H2,1H3/t8-/m0/s1. The van der Waals surface area contributed by atoms with Crippen molar-refractivity contribution in [1.82, 2.24) is 5.32 Å². The van der Waals surface area contributed by atoms with Gasteiger partial charge in [-0.3, -0.25) is 0 Å². The smallest absolute Gasteiger partial charge is 0.348 e. The molecule has 0 saturated carbocycles. The molecule has 0 bridgehead atoms. The van der Waals surface area contributed by atoms with Gasteiger partial charge in [0.15, 0.2) is 0 Å². The lowest BCUT2D eigenvalue weighted by molar-refractivity contribution is 0.0606. The van der Waals surface area contributed by atoms with Crippen LogP contribution >= 0.6 is 11.3 Å². The van der Waals surface area contributed by atoms with Crippen LogP contribution in [0.15, 0.2) is 11.4 Å². The highest BCUT2D eigenvalue weighted by Crippen LogP contribution is 2.27. The van der Waals surface area contributed by atoms with E-state index in [0.717, 1.165) is 13.0 Å². The number of thiophene rings is 1. The van der Waals surface area contributed by atoms with Crippen LogP contribution in [0.25, 0.3) is 0 Å². The van der Waals surface area contributed by atoms with Crippen molar-refractivity contribution in [3.8, 4) is 0 Å². The van der Waals surface area contributed by atoms with E-state index in [2.05, 4.69) is 10.1 Å². The van der Waals surface area contributed by atoms with Crippen LogP contribution in [0, 0.1) is 0 Å². The average Bonchev–Trinajstić information content (AvgIpc) is 2.86. The van der Waals surface area contributed by atoms with Gasteiger partial charge in [-0.1, -0.05) is 0 Å². The molecule has 0 aliphatic carbocycles. The number of carbonyl (C=O) groups is 1. The summed E-state index contributed by atoms with van der Waals surface area (Å²) in [6.45, 7) is 1.08. The molecule has 0 unspecified atom stereocenters. The maximum Gasteiger partial charge on any atom is 0.348 e. The predicted molar refractivity (Wildman–Crippen MR) is 55.6 cm³/mol. The minimum absolute atomic E-state index is 0.237. The van der Waals surface area contributed by atoms with Crippen LogP contribution < -0.4 is 5.32 Å². The zero-order valence-corrected chi connectivity index (χ0v) is 8.89. The highest BCUT2D eigenvalue weighted by Gasteiger charge is 2.19. The van der Waals surface area contributed by atoms with Crippen LogP contribution in [0.1, 0.15) is 34.1 Å². The van der Waals surface area contributed by atoms with E-state index < -0.39 is 0 Å². The van der Waals surface area contributed by atoms with Gasteiger partial charge >= 0.3 is 5.97 Å². The van der Waals surface area contributed by atoms with Crippen molar-refractivity contribution < 1.29 is 9.53 Å². The molecule has 14 heavy (non-hydrogen) atoms. The number of methoxy groups -OCH3 is 1. The third-order valence-corrected chi connectivity index (χ3v) is 3.40. The topological polar surface area (TPSA) is 38.3 Å². The zero-order chi connectivity index (χ0) is 9.97. The first-order valence-electron chi connectivity index (χ1n) is 4.71. The summed E-state index contributed by atoms with van der Waals surface area (Å²) in [5.74, 6) is -0.237. The number of nitrogens with one attached hydrogen (secondary N) is 1. The number of ether oxygens (including phenoxy) is 1. The molecular formula is C10H13NO2S. The molecule has 0 radical (unpaired) electrons. The van der Waals surface area contributed by atoms with Crippen molar-refractivity contribution in [3.63, 3.8) is 0 Å². The Morgan fingerprint density at radius 1 is 1.71 bits per heavy atom. The number of rotatable bonds is 2. The molecule has 1 saturated heterocycles. The van der Waals surface area contributed by atoms with Gasteiger partial charge in [0, 0.05) is 6.04 Å². The van der Waals surface area contributed by atoms with Crippen LogP contribution in [0.5, 0.6) is 0 Å². The molecule has 1 fully saturated rings. The molecule has 2 heterocycles. The van der Waals surface area contributed by atoms with E-state index in [1.165, 1.54) is 30.4 Å². The predicted octanol–water partition coefficient (Wildman–Crippen LogP) is 1.96. The van der Waals surface area contributed by atoms with Gasteiger partial charge in [-0.25, -0.2) is 4.79 Å². The third kappa shape index (κ3) is 1.81. The monoisotopic (exact) mass is 211 g/mol. The van der Waals surface area contributed by atoms with Crippen LogP contribution in [0.2, 0.25) is 0 Å². The van der Waals surface area contributed by atoms with Crippen molar-refractivity contribution in [2.75, 3.05) is 13.7 Å². The molecule has 1 atom stereocenters. The Labute approximate surface area is 87.1 Å². The molecule has 0 spiro atoms. The van der Waals surface area contributed by atoms with Crippen molar-refractivity contribution in [1.29, 1.82) is 0 Å². The quantitative estimate of drug-likeness (QED) is 0.760. The Hall–Kier alpha value is -0.870. The van der Waals surface area contributed by atoms with E-state index in [-0.39, 0.29) is 5.97 Å². The third-order valence-electron chi connectivity index (χ3n) is 2.47. The van der Waals surface area contributed by atoms with Crippen LogP contribution in [-0.2, 0) is 4.74 Å². The first kappa shape index (κ1) is 9.68. The van der Waals surface area contributed by atoms with Gasteiger partial charge in [0.05, 0.1) is 7.11 Å². The number of hydrogen-bond acceptors (Lipinski definition) is 4. The first-order chi connectivity index (χ1) is 6.81. The molecule has 1 aromatic rings. The fourth-order valence-electron chi connectivity index (χ4n) is 1.71. The van der Waals surface area contributed by atoms with Gasteiger partial charge in [0.2, 0.25) is 0 Å². The molecule has 1 aliphatic heterocycles. The summed E-state index contributed by atoms with van der Waals surface area (Å²) >= 11 is 1.45. The lowest BCUT2D eigenvalue weighted by atomic mass is 10.1. The van der Waals surface area contributed by atoms with E-state index in [1.54, 1.807) is 0 Å². The Morgan fingerprint density at radius 2 is 2.57 bits per heavy atom. The zero-order valence-electron chi connectivity index (χ0n) is 8.08. The van der Waals surface area contributed by atoms with E-state index in [0.29, 0.717) is 10.9 Å². The second kappa shape index (κ2) is 4.11. The molecule has 0 aromatic carbocycles. The van der Waals surface area contributed by atoms with Crippen LogP contribution in [0.3, 0.4) is 0 Å². The molecule has 0 amide bonds. The molecule has 76 valence electrons. The second-order valence-electron chi connectivity index (χ2n) is 3.38. The summed E-state index contributed by atoms with van der Waals surface area (Å²) in [6, 6.07) is 2.36. The minimum Gasteiger partial charge on any atom is -0.465 e. The second-order valence-corrected chi connectivity index (χ2v) is 4.30. The van der Waals surface area contributed by atoms with E-state index in [1.807, 2.05) is 11.4 Å². The maximum absolute atomic E-state index is 11.2. The number of esters is 1. The van der Waals surface area contributed by atoms with E-state index >= 15 is 0 Å². The van der Waals surface area contributed by atoms with Crippen molar-refractivity contribution in [2.45, 2.75) is 18.9 Å². The average molecular weight is 211 g/mol. The number of hydrogen-bond donors (Lipinski definition) is 1. The summed E-state index contributed by atoms with van der Waals surface area (Å²) in [5.41, 5.74) is 1.22.